The van der Waals surface area contributed by atoms with Crippen molar-refractivity contribution in [2.75, 3.05) is 47.5 Å². The fourth-order valence-electron chi connectivity index (χ4n) is 7.30. The lowest BCUT2D eigenvalue weighted by atomic mass is 10.0. The van der Waals surface area contributed by atoms with Crippen molar-refractivity contribution in [2.24, 2.45) is 0 Å². The number of quaternary nitrogens is 1. The molecule has 0 aliphatic carbocycles. The molecular weight excluding hydrogens is 774 g/mol. The van der Waals surface area contributed by atoms with Crippen LogP contribution >= 0.6 is 7.82 Å². The number of allylic oxidation sites excluding steroid dienone is 2. The van der Waals surface area contributed by atoms with Crippen molar-refractivity contribution in [2.45, 2.75) is 251 Å². The van der Waals surface area contributed by atoms with Crippen LogP contribution in [0.15, 0.2) is 12.2 Å². The zero-order valence-electron chi connectivity index (χ0n) is 40.2. The molecule has 0 aromatic rings. The molecule has 0 aromatic heterocycles. The molecule has 9 nitrogen and oxygen atoms in total. The van der Waals surface area contributed by atoms with Crippen LogP contribution in [0.2, 0.25) is 0 Å². The van der Waals surface area contributed by atoms with Crippen molar-refractivity contribution in [3.05, 3.63) is 12.2 Å². The molecule has 10 heteroatoms. The standard InChI is InChI=1S/C50H98NO8P/c1-6-8-10-12-14-16-18-20-22-24-25-27-29-31-33-35-37-39-41-43-50(53)59-48(47-58-60(54,55)57-45-44-51(3,4)5)46-56-49(52)42-40-38-36-34-32-30-28-26-23-21-19-17-15-13-11-9-7-2/h20,22,48H,6-19,21,23-47H2,1-5H3/b22-20-/t48-/m1/s1. The summed E-state index contributed by atoms with van der Waals surface area (Å²) in [5.41, 5.74) is 0. The first-order valence-corrected chi connectivity index (χ1v) is 26.9. The van der Waals surface area contributed by atoms with Gasteiger partial charge in [-0.1, -0.05) is 206 Å². The van der Waals surface area contributed by atoms with Gasteiger partial charge < -0.3 is 27.9 Å². The van der Waals surface area contributed by atoms with E-state index in [0.29, 0.717) is 17.4 Å². The number of carbonyl (C=O) groups excluding carboxylic acids is 2. The zero-order valence-corrected chi connectivity index (χ0v) is 41.1. The minimum atomic E-state index is -4.62. The maximum atomic E-state index is 12.7. The van der Waals surface area contributed by atoms with E-state index in [4.69, 9.17) is 18.5 Å². The number of hydrogen-bond donors (Lipinski definition) is 0. The summed E-state index contributed by atoms with van der Waals surface area (Å²) in [6.07, 6.45) is 46.6. The molecule has 0 aromatic carbocycles. The van der Waals surface area contributed by atoms with E-state index < -0.39 is 26.5 Å². The van der Waals surface area contributed by atoms with Crippen molar-refractivity contribution in [1.82, 2.24) is 0 Å². The minimum absolute atomic E-state index is 0.0277. The Morgan fingerprint density at radius 3 is 1.23 bits per heavy atom. The summed E-state index contributed by atoms with van der Waals surface area (Å²) in [5.74, 6) is -0.822. The third-order valence-corrected chi connectivity index (χ3v) is 12.2. The van der Waals surface area contributed by atoms with Crippen LogP contribution in [-0.4, -0.2) is 70.0 Å². The molecule has 0 radical (unpaired) electrons. The van der Waals surface area contributed by atoms with Gasteiger partial charge in [-0.05, 0) is 38.5 Å². The van der Waals surface area contributed by atoms with Gasteiger partial charge >= 0.3 is 11.9 Å². The Kier molecular flexibility index (Phi) is 42.1. The Morgan fingerprint density at radius 1 is 0.500 bits per heavy atom. The molecule has 0 N–H and O–H groups in total. The van der Waals surface area contributed by atoms with E-state index in [1.54, 1.807) is 0 Å². The van der Waals surface area contributed by atoms with Crippen molar-refractivity contribution in [3.8, 4) is 0 Å². The van der Waals surface area contributed by atoms with Gasteiger partial charge in [0.1, 0.15) is 19.8 Å². The average Bonchev–Trinajstić information content (AvgIpc) is 3.20. The Labute approximate surface area is 371 Å². The van der Waals surface area contributed by atoms with Crippen LogP contribution in [0.3, 0.4) is 0 Å². The second-order valence-electron chi connectivity index (χ2n) is 18.5. The number of ether oxygens (including phenoxy) is 2. The first-order chi connectivity index (χ1) is 29.0. The first kappa shape index (κ1) is 58.8. The summed E-state index contributed by atoms with van der Waals surface area (Å²) >= 11 is 0. The lowest BCUT2D eigenvalue weighted by Crippen LogP contribution is -2.37. The van der Waals surface area contributed by atoms with Gasteiger partial charge in [0.05, 0.1) is 27.7 Å². The lowest BCUT2D eigenvalue weighted by molar-refractivity contribution is -0.870. The number of carbonyl (C=O) groups is 2. The molecule has 0 saturated heterocycles. The number of likely N-dealkylation sites (N-methyl/N-ethyl adjacent to an activating group) is 1. The summed E-state index contributed by atoms with van der Waals surface area (Å²) in [4.78, 5) is 37.7. The maximum Gasteiger partial charge on any atom is 0.306 e. The van der Waals surface area contributed by atoms with Crippen LogP contribution in [0.5, 0.6) is 0 Å². The van der Waals surface area contributed by atoms with Gasteiger partial charge in [0.15, 0.2) is 6.10 Å². The van der Waals surface area contributed by atoms with Crippen LogP contribution < -0.4 is 4.89 Å². The number of unbranched alkanes of at least 4 members (excludes halogenated alkanes) is 31. The summed E-state index contributed by atoms with van der Waals surface area (Å²) in [6.45, 7) is 4.27. The third kappa shape index (κ3) is 46.3. The Hall–Kier alpha value is -1.25. The highest BCUT2D eigenvalue weighted by atomic mass is 31.2. The number of rotatable bonds is 47. The number of phosphoric acid groups is 1. The molecule has 0 bridgehead atoms. The summed E-state index contributed by atoms with van der Waals surface area (Å²) in [5, 5.41) is 0. The van der Waals surface area contributed by atoms with Crippen molar-refractivity contribution in [3.63, 3.8) is 0 Å². The van der Waals surface area contributed by atoms with Gasteiger partial charge in [-0.25, -0.2) is 0 Å². The highest BCUT2D eigenvalue weighted by Crippen LogP contribution is 2.38. The minimum Gasteiger partial charge on any atom is -0.756 e. The van der Waals surface area contributed by atoms with E-state index in [1.807, 2.05) is 21.1 Å². The van der Waals surface area contributed by atoms with Gasteiger partial charge in [-0.2, -0.15) is 0 Å². The topological polar surface area (TPSA) is 111 Å². The van der Waals surface area contributed by atoms with E-state index in [9.17, 15) is 19.0 Å². The number of hydrogen-bond acceptors (Lipinski definition) is 8. The molecule has 0 amide bonds. The van der Waals surface area contributed by atoms with E-state index >= 15 is 0 Å². The molecule has 0 aliphatic rings. The highest BCUT2D eigenvalue weighted by Gasteiger charge is 2.21. The Balaban J connectivity index is 4.23. The van der Waals surface area contributed by atoms with E-state index in [1.165, 1.54) is 173 Å². The van der Waals surface area contributed by atoms with Crippen LogP contribution in [0, 0.1) is 0 Å². The van der Waals surface area contributed by atoms with Crippen LogP contribution in [-0.2, 0) is 32.7 Å². The Morgan fingerprint density at radius 2 is 0.850 bits per heavy atom. The number of phosphoric ester groups is 1. The predicted octanol–water partition coefficient (Wildman–Crippen LogP) is 14.3. The quantitative estimate of drug-likeness (QED) is 0.0195. The fourth-order valence-corrected chi connectivity index (χ4v) is 8.03. The van der Waals surface area contributed by atoms with Gasteiger partial charge in [0.2, 0.25) is 0 Å². The monoisotopic (exact) mass is 872 g/mol. The van der Waals surface area contributed by atoms with Crippen molar-refractivity contribution >= 4 is 19.8 Å². The maximum absolute atomic E-state index is 12.7. The molecule has 0 heterocycles. The summed E-state index contributed by atoms with van der Waals surface area (Å²) < 4.78 is 34.0. The normalized spacial score (nSPS) is 13.5. The first-order valence-electron chi connectivity index (χ1n) is 25.4. The lowest BCUT2D eigenvalue weighted by Gasteiger charge is -2.28. The van der Waals surface area contributed by atoms with Gasteiger partial charge in [0, 0.05) is 12.8 Å². The molecule has 1 unspecified atom stereocenters. The molecule has 0 saturated carbocycles. The second kappa shape index (κ2) is 43.0. The van der Waals surface area contributed by atoms with Crippen LogP contribution in [0.1, 0.15) is 245 Å². The molecule has 60 heavy (non-hydrogen) atoms. The van der Waals surface area contributed by atoms with E-state index in [0.717, 1.165) is 38.5 Å². The molecule has 0 aliphatic heterocycles. The third-order valence-electron chi connectivity index (χ3n) is 11.3. The molecular formula is C50H98NO8P. The van der Waals surface area contributed by atoms with Crippen LogP contribution in [0.4, 0.5) is 0 Å². The molecule has 0 spiro atoms. The van der Waals surface area contributed by atoms with Crippen molar-refractivity contribution < 1.29 is 42.1 Å². The number of nitrogens with zero attached hydrogens (tertiary/aromatic N) is 1. The van der Waals surface area contributed by atoms with E-state index in [-0.39, 0.29) is 32.0 Å². The molecule has 356 valence electrons. The van der Waals surface area contributed by atoms with E-state index in [2.05, 4.69) is 26.0 Å². The summed E-state index contributed by atoms with van der Waals surface area (Å²) in [7, 11) is 1.18. The van der Waals surface area contributed by atoms with Crippen LogP contribution in [0.25, 0.3) is 0 Å². The smallest absolute Gasteiger partial charge is 0.306 e. The highest BCUT2D eigenvalue weighted by molar-refractivity contribution is 7.45. The molecule has 0 fully saturated rings. The second-order valence-corrected chi connectivity index (χ2v) is 20.0. The average molecular weight is 872 g/mol. The van der Waals surface area contributed by atoms with Gasteiger partial charge in [0.25, 0.3) is 7.82 Å². The molecule has 2 atom stereocenters. The Bertz CT molecular complexity index is 1030. The largest absolute Gasteiger partial charge is 0.756 e. The zero-order chi connectivity index (χ0) is 44.3. The fraction of sp³-hybridized carbons (Fsp3) is 0.920. The van der Waals surface area contributed by atoms with Gasteiger partial charge in [-0.15, -0.1) is 0 Å². The van der Waals surface area contributed by atoms with Gasteiger partial charge in [-0.3, -0.25) is 14.2 Å². The van der Waals surface area contributed by atoms with Crippen molar-refractivity contribution in [1.29, 1.82) is 0 Å². The molecule has 0 rings (SSSR count). The predicted molar refractivity (Wildman–Crippen MR) is 250 cm³/mol. The summed E-state index contributed by atoms with van der Waals surface area (Å²) in [6, 6.07) is 0. The SMILES string of the molecule is CCCCCCCC/C=C\CCCCCCCCCCCC(=O)O[C@H](COC(=O)CCCCCCCCCCCCCCCCCCC)COP(=O)([O-])OCC[N+](C)(C)C. The number of esters is 2.